The van der Waals surface area contributed by atoms with Gasteiger partial charge in [-0.2, -0.15) is 0 Å². The number of aromatic nitrogens is 1. The molecular formula is C17H20N4O3. The average molecular weight is 328 g/mol. The molecule has 0 spiro atoms. The first-order chi connectivity index (χ1) is 11.6. The van der Waals surface area contributed by atoms with E-state index in [9.17, 15) is 9.59 Å². The number of anilines is 1. The third-order valence-electron chi connectivity index (χ3n) is 4.00. The molecule has 2 aromatic rings. The van der Waals surface area contributed by atoms with Gasteiger partial charge in [-0.3, -0.25) is 9.78 Å². The number of nitrogens with zero attached hydrogens (tertiary/aromatic N) is 2. The van der Waals surface area contributed by atoms with E-state index in [2.05, 4.69) is 15.6 Å². The zero-order valence-corrected chi connectivity index (χ0v) is 13.5. The first-order valence-electron chi connectivity index (χ1n) is 7.95. The maximum absolute atomic E-state index is 12.2. The summed E-state index contributed by atoms with van der Waals surface area (Å²) in [5, 5.41) is 5.75. The molecule has 0 saturated carbocycles. The fourth-order valence-electron chi connectivity index (χ4n) is 2.76. The van der Waals surface area contributed by atoms with Gasteiger partial charge in [-0.15, -0.1) is 0 Å². The van der Waals surface area contributed by atoms with Gasteiger partial charge in [0.15, 0.2) is 5.76 Å². The summed E-state index contributed by atoms with van der Waals surface area (Å²) in [4.78, 5) is 30.1. The van der Waals surface area contributed by atoms with E-state index in [0.29, 0.717) is 24.5 Å². The van der Waals surface area contributed by atoms with E-state index < -0.39 is 0 Å². The molecular weight excluding hydrogens is 308 g/mol. The monoisotopic (exact) mass is 328 g/mol. The number of piperidine rings is 1. The van der Waals surface area contributed by atoms with Crippen molar-refractivity contribution in [2.24, 2.45) is 0 Å². The molecule has 3 heterocycles. The maximum Gasteiger partial charge on any atom is 0.319 e. The van der Waals surface area contributed by atoms with Crippen molar-refractivity contribution in [3.8, 4) is 0 Å². The number of hydrogen-bond donors (Lipinski definition) is 2. The number of amides is 3. The molecule has 0 bridgehead atoms. The summed E-state index contributed by atoms with van der Waals surface area (Å²) < 4.78 is 5.14. The lowest BCUT2D eigenvalue weighted by molar-refractivity contribution is 0.0676. The van der Waals surface area contributed by atoms with Crippen LogP contribution in [0.1, 0.15) is 29.1 Å². The molecule has 1 aliphatic rings. The minimum Gasteiger partial charge on any atom is -0.459 e. The molecule has 0 unspecified atom stereocenters. The van der Waals surface area contributed by atoms with E-state index in [1.165, 1.54) is 6.26 Å². The number of hydrogen-bond acceptors (Lipinski definition) is 4. The fourth-order valence-corrected chi connectivity index (χ4v) is 2.76. The number of pyridine rings is 1. The SMILES string of the molecule is Cc1cc(NC(=O)NC2CCN(C(=O)c3ccco3)CC2)ccn1. The number of carbonyl (C=O) groups is 2. The molecule has 0 atom stereocenters. The Balaban J connectivity index is 1.47. The lowest BCUT2D eigenvalue weighted by atomic mass is 10.0. The van der Waals surface area contributed by atoms with E-state index in [4.69, 9.17) is 4.42 Å². The highest BCUT2D eigenvalue weighted by Gasteiger charge is 2.25. The Kier molecular flexibility index (Phi) is 4.79. The summed E-state index contributed by atoms with van der Waals surface area (Å²) in [5.74, 6) is 0.252. The van der Waals surface area contributed by atoms with E-state index in [1.807, 2.05) is 13.0 Å². The Morgan fingerprint density at radius 3 is 2.75 bits per heavy atom. The van der Waals surface area contributed by atoms with Crippen LogP contribution in [-0.2, 0) is 0 Å². The van der Waals surface area contributed by atoms with Gasteiger partial charge in [0.1, 0.15) is 0 Å². The molecule has 0 radical (unpaired) electrons. The number of rotatable bonds is 3. The summed E-state index contributed by atoms with van der Waals surface area (Å²) in [6.45, 7) is 3.06. The number of likely N-dealkylation sites (tertiary alicyclic amines) is 1. The molecule has 1 saturated heterocycles. The first kappa shape index (κ1) is 16.0. The van der Waals surface area contributed by atoms with Crippen LogP contribution in [0.2, 0.25) is 0 Å². The van der Waals surface area contributed by atoms with Crippen LogP contribution >= 0.6 is 0 Å². The molecule has 2 N–H and O–H groups in total. The molecule has 24 heavy (non-hydrogen) atoms. The van der Waals surface area contributed by atoms with E-state index in [-0.39, 0.29) is 18.0 Å². The smallest absolute Gasteiger partial charge is 0.319 e. The second kappa shape index (κ2) is 7.16. The highest BCUT2D eigenvalue weighted by molar-refractivity contribution is 5.91. The quantitative estimate of drug-likeness (QED) is 0.906. The summed E-state index contributed by atoms with van der Waals surface area (Å²) in [7, 11) is 0. The van der Waals surface area contributed by atoms with Gasteiger partial charge in [0.2, 0.25) is 0 Å². The van der Waals surface area contributed by atoms with Crippen molar-refractivity contribution in [1.82, 2.24) is 15.2 Å². The third-order valence-corrected chi connectivity index (χ3v) is 4.00. The molecule has 7 heteroatoms. The van der Waals surface area contributed by atoms with Crippen LogP contribution < -0.4 is 10.6 Å². The summed E-state index contributed by atoms with van der Waals surface area (Å²) in [6, 6.07) is 6.73. The highest BCUT2D eigenvalue weighted by Crippen LogP contribution is 2.15. The predicted molar refractivity (Wildman–Crippen MR) is 88.8 cm³/mol. The molecule has 3 rings (SSSR count). The number of aryl methyl sites for hydroxylation is 1. The molecule has 0 aromatic carbocycles. The van der Waals surface area contributed by atoms with Crippen molar-refractivity contribution < 1.29 is 14.0 Å². The van der Waals surface area contributed by atoms with Crippen LogP contribution in [0.4, 0.5) is 10.5 Å². The van der Waals surface area contributed by atoms with Crippen LogP contribution in [-0.4, -0.2) is 41.0 Å². The van der Waals surface area contributed by atoms with Gasteiger partial charge in [0.05, 0.1) is 6.26 Å². The second-order valence-electron chi connectivity index (χ2n) is 5.83. The molecule has 3 amide bonds. The van der Waals surface area contributed by atoms with Crippen LogP contribution in [0.5, 0.6) is 0 Å². The van der Waals surface area contributed by atoms with Crippen molar-refractivity contribution in [3.63, 3.8) is 0 Å². The van der Waals surface area contributed by atoms with Crippen LogP contribution in [0.25, 0.3) is 0 Å². The second-order valence-corrected chi connectivity index (χ2v) is 5.83. The molecule has 126 valence electrons. The Morgan fingerprint density at radius 1 is 1.29 bits per heavy atom. The van der Waals surface area contributed by atoms with Crippen molar-refractivity contribution in [2.75, 3.05) is 18.4 Å². The first-order valence-corrected chi connectivity index (χ1v) is 7.95. The Hall–Kier alpha value is -2.83. The third kappa shape index (κ3) is 3.92. The van der Waals surface area contributed by atoms with Gasteiger partial charge in [-0.05, 0) is 44.0 Å². The normalized spacial score (nSPS) is 15.1. The summed E-state index contributed by atoms with van der Waals surface area (Å²) in [5.41, 5.74) is 1.56. The summed E-state index contributed by atoms with van der Waals surface area (Å²) in [6.07, 6.45) is 4.58. The standard InChI is InChI=1S/C17H20N4O3/c1-12-11-14(4-7-18-12)20-17(23)19-13-5-8-21(9-6-13)16(22)15-3-2-10-24-15/h2-4,7,10-11,13H,5-6,8-9H2,1H3,(H2,18,19,20,23). The largest absolute Gasteiger partial charge is 0.459 e. The van der Waals surface area contributed by atoms with Gasteiger partial charge in [0.25, 0.3) is 5.91 Å². The number of carbonyl (C=O) groups excluding carboxylic acids is 2. The molecule has 2 aromatic heterocycles. The van der Waals surface area contributed by atoms with Gasteiger partial charge < -0.3 is 20.0 Å². The van der Waals surface area contributed by atoms with Gasteiger partial charge in [-0.1, -0.05) is 0 Å². The number of nitrogens with one attached hydrogen (secondary N) is 2. The molecule has 7 nitrogen and oxygen atoms in total. The predicted octanol–water partition coefficient (Wildman–Crippen LogP) is 2.41. The molecule has 0 aliphatic carbocycles. The zero-order chi connectivity index (χ0) is 16.9. The maximum atomic E-state index is 12.2. The number of furan rings is 1. The van der Waals surface area contributed by atoms with E-state index >= 15 is 0 Å². The molecule has 1 aliphatic heterocycles. The van der Waals surface area contributed by atoms with Crippen molar-refractivity contribution in [3.05, 3.63) is 48.2 Å². The number of urea groups is 1. The van der Waals surface area contributed by atoms with Gasteiger partial charge in [0, 0.05) is 36.7 Å². The highest BCUT2D eigenvalue weighted by atomic mass is 16.3. The van der Waals surface area contributed by atoms with Crippen LogP contribution in [0.3, 0.4) is 0 Å². The average Bonchev–Trinajstić information content (AvgIpc) is 3.09. The Morgan fingerprint density at radius 2 is 2.08 bits per heavy atom. The lowest BCUT2D eigenvalue weighted by Crippen LogP contribution is -2.47. The Labute approximate surface area is 140 Å². The topological polar surface area (TPSA) is 87.5 Å². The van der Waals surface area contributed by atoms with Crippen LogP contribution in [0.15, 0.2) is 41.1 Å². The van der Waals surface area contributed by atoms with Crippen molar-refractivity contribution in [2.45, 2.75) is 25.8 Å². The lowest BCUT2D eigenvalue weighted by Gasteiger charge is -2.31. The van der Waals surface area contributed by atoms with Crippen molar-refractivity contribution >= 4 is 17.6 Å². The fraction of sp³-hybridized carbons (Fsp3) is 0.353. The molecule has 1 fully saturated rings. The van der Waals surface area contributed by atoms with Gasteiger partial charge in [-0.25, -0.2) is 4.79 Å². The Bertz CT molecular complexity index is 706. The van der Waals surface area contributed by atoms with Crippen LogP contribution in [0, 0.1) is 6.92 Å². The van der Waals surface area contributed by atoms with E-state index in [1.54, 1.807) is 29.3 Å². The summed E-state index contributed by atoms with van der Waals surface area (Å²) >= 11 is 0. The van der Waals surface area contributed by atoms with Crippen molar-refractivity contribution in [1.29, 1.82) is 0 Å². The van der Waals surface area contributed by atoms with Gasteiger partial charge >= 0.3 is 6.03 Å². The van der Waals surface area contributed by atoms with E-state index in [0.717, 1.165) is 18.5 Å². The minimum absolute atomic E-state index is 0.0496. The minimum atomic E-state index is -0.239. The zero-order valence-electron chi connectivity index (χ0n) is 13.5.